The Morgan fingerprint density at radius 2 is 2.42 bits per heavy atom. The lowest BCUT2D eigenvalue weighted by Crippen LogP contribution is -2.31. The topological polar surface area (TPSA) is 27.1 Å². The van der Waals surface area contributed by atoms with Gasteiger partial charge in [0.05, 0.1) is 19.3 Å². The van der Waals surface area contributed by atoms with Gasteiger partial charge < -0.3 is 4.74 Å². The minimum Gasteiger partial charge on any atom is -0.313 e. The maximum Gasteiger partial charge on any atom is 0.400 e. The van der Waals surface area contributed by atoms with Crippen molar-refractivity contribution in [1.82, 2.24) is 9.78 Å². The van der Waals surface area contributed by atoms with Crippen LogP contribution in [0.1, 0.15) is 11.3 Å². The fourth-order valence-corrected chi connectivity index (χ4v) is 1.36. The molecule has 1 aromatic rings. The molecule has 66 valence electrons. The lowest BCUT2D eigenvalue weighted by atomic mass is 10.2. The van der Waals surface area contributed by atoms with E-state index in [1.807, 2.05) is 0 Å². The van der Waals surface area contributed by atoms with Crippen LogP contribution < -0.4 is 0 Å². The highest BCUT2D eigenvalue weighted by Crippen LogP contribution is 2.33. The highest BCUT2D eigenvalue weighted by atomic mass is 19.3. The van der Waals surface area contributed by atoms with Crippen LogP contribution in [0.5, 0.6) is 0 Å². The zero-order valence-electron chi connectivity index (χ0n) is 6.55. The number of halogens is 2. The van der Waals surface area contributed by atoms with Crippen LogP contribution in [0, 0.1) is 6.92 Å². The van der Waals surface area contributed by atoms with Gasteiger partial charge in [-0.05, 0) is 12.5 Å². The summed E-state index contributed by atoms with van der Waals surface area (Å²) in [4.78, 5) is 0. The Labute approximate surface area is 67.9 Å². The van der Waals surface area contributed by atoms with E-state index in [9.17, 15) is 8.78 Å². The fourth-order valence-electron chi connectivity index (χ4n) is 1.36. The predicted molar refractivity (Wildman–Crippen MR) is 36.8 cm³/mol. The molecule has 0 aliphatic carbocycles. The molecule has 0 radical (unpaired) electrons. The molecular weight excluding hydrogens is 166 g/mol. The monoisotopic (exact) mass is 174 g/mol. The molecule has 2 rings (SSSR count). The van der Waals surface area contributed by atoms with E-state index in [2.05, 4.69) is 9.84 Å². The van der Waals surface area contributed by atoms with E-state index >= 15 is 0 Å². The molecule has 0 amide bonds. The molecule has 5 heteroatoms. The molecule has 0 saturated carbocycles. The molecule has 3 nitrogen and oxygen atoms in total. The van der Waals surface area contributed by atoms with Gasteiger partial charge in [-0.2, -0.15) is 13.9 Å². The molecule has 0 aromatic carbocycles. The maximum atomic E-state index is 13.0. The van der Waals surface area contributed by atoms with Crippen LogP contribution in [0.15, 0.2) is 6.20 Å². The molecule has 1 aromatic heterocycles. The van der Waals surface area contributed by atoms with Crippen LogP contribution in [0.25, 0.3) is 0 Å². The normalized spacial score (nSPS) is 20.6. The summed E-state index contributed by atoms with van der Waals surface area (Å²) in [7, 11) is 0. The smallest absolute Gasteiger partial charge is 0.313 e. The average Bonchev–Trinajstić information content (AvgIpc) is 2.32. The van der Waals surface area contributed by atoms with Crippen molar-refractivity contribution in [3.63, 3.8) is 0 Å². The third-order valence-corrected chi connectivity index (χ3v) is 1.88. The Kier molecular flexibility index (Phi) is 1.44. The van der Waals surface area contributed by atoms with Gasteiger partial charge in [0.15, 0.2) is 0 Å². The molecule has 0 spiro atoms. The van der Waals surface area contributed by atoms with Crippen molar-refractivity contribution in [2.45, 2.75) is 19.6 Å². The van der Waals surface area contributed by atoms with E-state index in [4.69, 9.17) is 0 Å². The van der Waals surface area contributed by atoms with Gasteiger partial charge in [-0.25, -0.2) is 0 Å². The Morgan fingerprint density at radius 1 is 1.67 bits per heavy atom. The number of aryl methyl sites for hydroxylation is 1. The van der Waals surface area contributed by atoms with Crippen LogP contribution >= 0.6 is 0 Å². The van der Waals surface area contributed by atoms with Crippen LogP contribution in [0.4, 0.5) is 8.78 Å². The molecule has 0 unspecified atom stereocenters. The van der Waals surface area contributed by atoms with Crippen molar-refractivity contribution in [3.05, 3.63) is 17.5 Å². The number of alkyl halides is 2. The summed E-state index contributed by atoms with van der Waals surface area (Å²) in [6, 6.07) is 0. The van der Waals surface area contributed by atoms with E-state index in [1.54, 1.807) is 6.92 Å². The van der Waals surface area contributed by atoms with Crippen molar-refractivity contribution >= 4 is 0 Å². The molecule has 1 aliphatic rings. The van der Waals surface area contributed by atoms with Crippen LogP contribution in [-0.2, 0) is 17.4 Å². The minimum absolute atomic E-state index is 0.0150. The summed E-state index contributed by atoms with van der Waals surface area (Å²) in [5.41, 5.74) is 0.355. The van der Waals surface area contributed by atoms with E-state index < -0.39 is 6.11 Å². The molecule has 0 bridgehead atoms. The molecule has 0 N–H and O–H groups in total. The first kappa shape index (κ1) is 7.67. The first-order chi connectivity index (χ1) is 5.61. The Bertz CT molecular complexity index is 308. The van der Waals surface area contributed by atoms with Crippen molar-refractivity contribution in [2.24, 2.45) is 0 Å². The lowest BCUT2D eigenvalue weighted by molar-refractivity contribution is -0.266. The maximum absolute atomic E-state index is 13.0. The van der Waals surface area contributed by atoms with Gasteiger partial charge in [0.2, 0.25) is 0 Å². The van der Waals surface area contributed by atoms with Crippen molar-refractivity contribution in [2.75, 3.05) is 6.61 Å². The lowest BCUT2D eigenvalue weighted by Gasteiger charge is -2.23. The number of hydrogen-bond acceptors (Lipinski definition) is 2. The Hall–Kier alpha value is -0.970. The highest BCUT2D eigenvalue weighted by molar-refractivity contribution is 5.19. The van der Waals surface area contributed by atoms with Gasteiger partial charge in [-0.15, -0.1) is 0 Å². The molecule has 0 saturated heterocycles. The van der Waals surface area contributed by atoms with Crippen molar-refractivity contribution in [3.8, 4) is 0 Å². The standard InChI is InChI=1S/C7H8F2N2O/c1-5-4-10-11-2-3-12-7(8,9)6(5)11/h4H,2-3H2,1H3. The van der Waals surface area contributed by atoms with Gasteiger partial charge in [0.1, 0.15) is 5.69 Å². The average molecular weight is 174 g/mol. The second-order valence-electron chi connectivity index (χ2n) is 2.76. The van der Waals surface area contributed by atoms with E-state index in [0.717, 1.165) is 0 Å². The number of rotatable bonds is 0. The first-order valence-corrected chi connectivity index (χ1v) is 3.66. The number of fused-ring (bicyclic) bond motifs is 1. The third-order valence-electron chi connectivity index (χ3n) is 1.88. The molecule has 0 atom stereocenters. The van der Waals surface area contributed by atoms with Gasteiger partial charge in [0, 0.05) is 0 Å². The summed E-state index contributed by atoms with van der Waals surface area (Å²) in [5.74, 6) is 0. The van der Waals surface area contributed by atoms with Gasteiger partial charge >= 0.3 is 6.11 Å². The Morgan fingerprint density at radius 3 is 3.08 bits per heavy atom. The third kappa shape index (κ3) is 0.929. The largest absolute Gasteiger partial charge is 0.400 e. The summed E-state index contributed by atoms with van der Waals surface area (Å²) in [6.45, 7) is 2.02. The van der Waals surface area contributed by atoms with E-state index in [1.165, 1.54) is 10.9 Å². The van der Waals surface area contributed by atoms with Crippen molar-refractivity contribution < 1.29 is 13.5 Å². The van der Waals surface area contributed by atoms with E-state index in [0.29, 0.717) is 12.1 Å². The molecule has 12 heavy (non-hydrogen) atoms. The number of hydrogen-bond donors (Lipinski definition) is 0. The minimum atomic E-state index is -3.17. The molecular formula is C7H8F2N2O. The zero-order chi connectivity index (χ0) is 8.77. The molecule has 2 heterocycles. The van der Waals surface area contributed by atoms with Crippen LogP contribution in [0.2, 0.25) is 0 Å². The summed E-state index contributed by atoms with van der Waals surface area (Å²) in [5, 5.41) is 3.81. The van der Waals surface area contributed by atoms with Crippen molar-refractivity contribution in [1.29, 1.82) is 0 Å². The highest BCUT2D eigenvalue weighted by Gasteiger charge is 2.41. The summed E-state index contributed by atoms with van der Waals surface area (Å²) < 4.78 is 31.6. The summed E-state index contributed by atoms with van der Waals surface area (Å²) >= 11 is 0. The SMILES string of the molecule is Cc1cnn2c1C(F)(F)OCC2. The number of nitrogens with zero attached hydrogens (tertiary/aromatic N) is 2. The summed E-state index contributed by atoms with van der Waals surface area (Å²) in [6.07, 6.45) is -1.74. The molecule has 0 fully saturated rings. The van der Waals surface area contributed by atoms with Crippen LogP contribution in [-0.4, -0.2) is 16.4 Å². The van der Waals surface area contributed by atoms with Gasteiger partial charge in [-0.3, -0.25) is 4.68 Å². The number of ether oxygens (including phenoxy) is 1. The fraction of sp³-hybridized carbons (Fsp3) is 0.571. The molecule has 1 aliphatic heterocycles. The zero-order valence-corrected chi connectivity index (χ0v) is 6.55. The predicted octanol–water partition coefficient (Wildman–Crippen LogP) is 1.27. The van der Waals surface area contributed by atoms with Gasteiger partial charge in [-0.1, -0.05) is 0 Å². The Balaban J connectivity index is 2.56. The number of aromatic nitrogens is 2. The van der Waals surface area contributed by atoms with Gasteiger partial charge in [0.25, 0.3) is 0 Å². The first-order valence-electron chi connectivity index (χ1n) is 3.66. The second kappa shape index (κ2) is 2.26. The quantitative estimate of drug-likeness (QED) is 0.592. The van der Waals surface area contributed by atoms with E-state index in [-0.39, 0.29) is 12.3 Å². The second-order valence-corrected chi connectivity index (χ2v) is 2.76. The van der Waals surface area contributed by atoms with Crippen LogP contribution in [0.3, 0.4) is 0 Å².